The van der Waals surface area contributed by atoms with E-state index < -0.39 is 0 Å². The van der Waals surface area contributed by atoms with E-state index in [-0.39, 0.29) is 18.4 Å². The average molecular weight is 412 g/mol. The maximum Gasteiger partial charge on any atom is 0.251 e. The molecule has 0 heterocycles. The number of carbonyl (C=O) groups is 2. The number of carbonyl (C=O) groups excluding carboxylic acids is 2. The first kappa shape index (κ1) is 23.3. The molecule has 0 saturated carbocycles. The molecule has 162 valence electrons. The van der Waals surface area contributed by atoms with E-state index in [9.17, 15) is 9.59 Å². The van der Waals surface area contributed by atoms with Crippen LogP contribution in [-0.4, -0.2) is 31.5 Å². The summed E-state index contributed by atoms with van der Waals surface area (Å²) in [5, 5.41) is 8.69. The Morgan fingerprint density at radius 1 is 0.900 bits per heavy atom. The molecule has 6 heteroatoms. The molecule has 2 rings (SSSR count). The molecule has 0 bridgehead atoms. The SMILES string of the molecule is CCCCCCCOc1cccc(NC(=O)CNc2ccc(C(=O)NCC)cc2)c1. The Kier molecular flexibility index (Phi) is 10.3. The van der Waals surface area contributed by atoms with Gasteiger partial charge in [0, 0.05) is 29.5 Å². The number of benzene rings is 2. The van der Waals surface area contributed by atoms with Crippen molar-refractivity contribution < 1.29 is 14.3 Å². The Bertz CT molecular complexity index is 791. The zero-order valence-corrected chi connectivity index (χ0v) is 18.0. The zero-order chi connectivity index (χ0) is 21.6. The van der Waals surface area contributed by atoms with Crippen molar-refractivity contribution in [3.63, 3.8) is 0 Å². The fraction of sp³-hybridized carbons (Fsp3) is 0.417. The average Bonchev–Trinajstić information content (AvgIpc) is 2.75. The summed E-state index contributed by atoms with van der Waals surface area (Å²) in [6.45, 7) is 5.49. The van der Waals surface area contributed by atoms with Gasteiger partial charge in [0.05, 0.1) is 13.2 Å². The number of anilines is 2. The highest BCUT2D eigenvalue weighted by atomic mass is 16.5. The van der Waals surface area contributed by atoms with Gasteiger partial charge in [0.25, 0.3) is 5.91 Å². The van der Waals surface area contributed by atoms with E-state index >= 15 is 0 Å². The summed E-state index contributed by atoms with van der Waals surface area (Å²) in [5.74, 6) is 0.501. The Labute approximate surface area is 179 Å². The van der Waals surface area contributed by atoms with Gasteiger partial charge >= 0.3 is 0 Å². The molecule has 0 unspecified atom stereocenters. The number of rotatable bonds is 13. The van der Waals surface area contributed by atoms with Crippen LogP contribution >= 0.6 is 0 Å². The number of nitrogens with one attached hydrogen (secondary N) is 3. The van der Waals surface area contributed by atoms with Crippen molar-refractivity contribution in [2.45, 2.75) is 46.0 Å². The lowest BCUT2D eigenvalue weighted by Crippen LogP contribution is -2.23. The van der Waals surface area contributed by atoms with Crippen molar-refractivity contribution in [1.82, 2.24) is 5.32 Å². The van der Waals surface area contributed by atoms with Gasteiger partial charge in [0.1, 0.15) is 5.75 Å². The summed E-state index contributed by atoms with van der Waals surface area (Å²) in [5.41, 5.74) is 2.07. The van der Waals surface area contributed by atoms with Crippen molar-refractivity contribution in [2.24, 2.45) is 0 Å². The lowest BCUT2D eigenvalue weighted by atomic mass is 10.2. The predicted octanol–water partition coefficient (Wildman–Crippen LogP) is 4.84. The minimum atomic E-state index is -0.153. The first-order valence-electron chi connectivity index (χ1n) is 10.8. The van der Waals surface area contributed by atoms with Crippen LogP contribution < -0.4 is 20.7 Å². The minimum absolute atomic E-state index is 0.107. The summed E-state index contributed by atoms with van der Waals surface area (Å²) >= 11 is 0. The molecule has 6 nitrogen and oxygen atoms in total. The van der Waals surface area contributed by atoms with Crippen LogP contribution in [0, 0.1) is 0 Å². The summed E-state index contributed by atoms with van der Waals surface area (Å²) in [6.07, 6.45) is 5.98. The Balaban J connectivity index is 1.74. The maximum absolute atomic E-state index is 12.2. The van der Waals surface area contributed by atoms with Crippen LogP contribution in [0.2, 0.25) is 0 Å². The van der Waals surface area contributed by atoms with Gasteiger partial charge in [-0.3, -0.25) is 9.59 Å². The van der Waals surface area contributed by atoms with Crippen LogP contribution in [0.5, 0.6) is 5.75 Å². The van der Waals surface area contributed by atoms with E-state index in [1.807, 2.05) is 31.2 Å². The zero-order valence-electron chi connectivity index (χ0n) is 18.0. The van der Waals surface area contributed by atoms with Crippen LogP contribution in [-0.2, 0) is 4.79 Å². The summed E-state index contributed by atoms with van der Waals surface area (Å²) in [6, 6.07) is 14.5. The smallest absolute Gasteiger partial charge is 0.251 e. The van der Waals surface area contributed by atoms with Gasteiger partial charge in [0.2, 0.25) is 5.91 Å². The highest BCUT2D eigenvalue weighted by Crippen LogP contribution is 2.18. The third-order valence-corrected chi connectivity index (χ3v) is 4.57. The molecule has 3 N–H and O–H groups in total. The minimum Gasteiger partial charge on any atom is -0.494 e. The molecule has 0 atom stereocenters. The van der Waals surface area contributed by atoms with Gasteiger partial charge in [-0.25, -0.2) is 0 Å². The first-order valence-corrected chi connectivity index (χ1v) is 10.8. The van der Waals surface area contributed by atoms with Gasteiger partial charge in [-0.15, -0.1) is 0 Å². The normalized spacial score (nSPS) is 10.3. The lowest BCUT2D eigenvalue weighted by molar-refractivity contribution is -0.114. The van der Waals surface area contributed by atoms with Crippen molar-refractivity contribution in [1.29, 1.82) is 0 Å². The van der Waals surface area contributed by atoms with Crippen LogP contribution in [0.1, 0.15) is 56.3 Å². The van der Waals surface area contributed by atoms with E-state index in [1.165, 1.54) is 25.7 Å². The highest BCUT2D eigenvalue weighted by molar-refractivity contribution is 5.95. The van der Waals surface area contributed by atoms with Gasteiger partial charge in [-0.05, 0) is 49.7 Å². The second-order valence-corrected chi connectivity index (χ2v) is 7.13. The summed E-state index contributed by atoms with van der Waals surface area (Å²) in [7, 11) is 0. The van der Waals surface area contributed by atoms with Gasteiger partial charge in [-0.2, -0.15) is 0 Å². The number of ether oxygens (including phenoxy) is 1. The fourth-order valence-corrected chi connectivity index (χ4v) is 2.95. The van der Waals surface area contributed by atoms with E-state index in [2.05, 4.69) is 22.9 Å². The van der Waals surface area contributed by atoms with Gasteiger partial charge < -0.3 is 20.7 Å². The monoisotopic (exact) mass is 411 g/mol. The maximum atomic E-state index is 12.2. The highest BCUT2D eigenvalue weighted by Gasteiger charge is 2.06. The van der Waals surface area contributed by atoms with Gasteiger partial charge in [0.15, 0.2) is 0 Å². The van der Waals surface area contributed by atoms with Crippen molar-refractivity contribution in [2.75, 3.05) is 30.3 Å². The van der Waals surface area contributed by atoms with Crippen LogP contribution in [0.25, 0.3) is 0 Å². The van der Waals surface area contributed by atoms with Gasteiger partial charge in [-0.1, -0.05) is 38.7 Å². The third kappa shape index (κ3) is 8.55. The molecule has 2 amide bonds. The molecule has 0 aliphatic rings. The number of hydrogen-bond donors (Lipinski definition) is 3. The Morgan fingerprint density at radius 3 is 2.40 bits per heavy atom. The van der Waals surface area contributed by atoms with E-state index in [0.29, 0.717) is 24.4 Å². The second-order valence-electron chi connectivity index (χ2n) is 7.13. The molecule has 0 radical (unpaired) electrons. The molecule has 0 saturated heterocycles. The number of amides is 2. The Hall–Kier alpha value is -3.02. The number of hydrogen-bond acceptors (Lipinski definition) is 4. The molecule has 0 fully saturated rings. The topological polar surface area (TPSA) is 79.5 Å². The van der Waals surface area contributed by atoms with Crippen LogP contribution in [0.15, 0.2) is 48.5 Å². The quantitative estimate of drug-likeness (QED) is 0.412. The Morgan fingerprint density at radius 2 is 1.67 bits per heavy atom. The van der Waals surface area contributed by atoms with Crippen LogP contribution in [0.3, 0.4) is 0 Å². The van der Waals surface area contributed by atoms with E-state index in [1.54, 1.807) is 24.3 Å². The van der Waals surface area contributed by atoms with E-state index in [0.717, 1.165) is 17.9 Å². The number of unbranched alkanes of at least 4 members (excludes halogenated alkanes) is 4. The standard InChI is InChI=1S/C24H33N3O3/c1-3-5-6-7-8-16-30-22-11-9-10-21(17-22)27-23(28)18-26-20-14-12-19(13-15-20)24(29)25-4-2/h9-15,17,26H,3-8,16,18H2,1-2H3,(H,25,29)(H,27,28). The largest absolute Gasteiger partial charge is 0.494 e. The molecule has 0 spiro atoms. The summed E-state index contributed by atoms with van der Waals surface area (Å²) < 4.78 is 5.79. The molecular weight excluding hydrogens is 378 g/mol. The fourth-order valence-electron chi connectivity index (χ4n) is 2.95. The molecule has 0 aromatic heterocycles. The lowest BCUT2D eigenvalue weighted by Gasteiger charge is -2.10. The molecule has 2 aromatic carbocycles. The molecule has 30 heavy (non-hydrogen) atoms. The van der Waals surface area contributed by atoms with E-state index in [4.69, 9.17) is 4.74 Å². The summed E-state index contributed by atoms with van der Waals surface area (Å²) in [4.78, 5) is 24.0. The predicted molar refractivity (Wildman–Crippen MR) is 122 cm³/mol. The van der Waals surface area contributed by atoms with Crippen molar-refractivity contribution in [3.05, 3.63) is 54.1 Å². The molecule has 0 aliphatic heterocycles. The third-order valence-electron chi connectivity index (χ3n) is 4.57. The van der Waals surface area contributed by atoms with Crippen LogP contribution in [0.4, 0.5) is 11.4 Å². The van der Waals surface area contributed by atoms with Crippen molar-refractivity contribution >= 4 is 23.2 Å². The molecular formula is C24H33N3O3. The molecule has 0 aliphatic carbocycles. The van der Waals surface area contributed by atoms with Crippen molar-refractivity contribution in [3.8, 4) is 5.75 Å². The first-order chi connectivity index (χ1) is 14.6. The second kappa shape index (κ2) is 13.2. The molecule has 2 aromatic rings.